The van der Waals surface area contributed by atoms with Crippen LogP contribution in [0.4, 0.5) is 5.69 Å². The molecule has 1 aromatic heterocycles. The van der Waals surface area contributed by atoms with E-state index >= 15 is 0 Å². The maximum absolute atomic E-state index is 11.9. The summed E-state index contributed by atoms with van der Waals surface area (Å²) in [5, 5.41) is 6.90. The van der Waals surface area contributed by atoms with E-state index in [4.69, 9.17) is 18.0 Å². The van der Waals surface area contributed by atoms with Gasteiger partial charge in [0.25, 0.3) is 0 Å². The summed E-state index contributed by atoms with van der Waals surface area (Å²) in [7, 11) is 0. The van der Waals surface area contributed by atoms with E-state index in [1.807, 2.05) is 18.3 Å². The lowest BCUT2D eigenvalue weighted by Gasteiger charge is -2.09. The van der Waals surface area contributed by atoms with E-state index < -0.39 is 0 Å². The highest BCUT2D eigenvalue weighted by molar-refractivity contribution is 9.10. The van der Waals surface area contributed by atoms with Crippen LogP contribution in [0.1, 0.15) is 12.0 Å². The Labute approximate surface area is 130 Å². The van der Waals surface area contributed by atoms with Crippen molar-refractivity contribution < 1.29 is 4.79 Å². The second-order valence-electron chi connectivity index (χ2n) is 4.13. The first-order valence-corrected chi connectivity index (χ1v) is 7.13. The van der Waals surface area contributed by atoms with Gasteiger partial charge in [0.1, 0.15) is 4.99 Å². The number of amides is 1. The molecule has 2 rings (SSSR count). The van der Waals surface area contributed by atoms with Crippen molar-refractivity contribution in [3.05, 3.63) is 46.7 Å². The number of hydrogen-bond acceptors (Lipinski definition) is 3. The van der Waals surface area contributed by atoms with Crippen LogP contribution in [0, 0.1) is 0 Å². The number of rotatable bonds is 5. The zero-order valence-corrected chi connectivity index (χ0v) is 12.9. The van der Waals surface area contributed by atoms with Crippen LogP contribution >= 0.6 is 28.1 Å². The molecule has 5 nitrogen and oxygen atoms in total. The molecule has 0 fully saturated rings. The minimum Gasteiger partial charge on any atom is -0.389 e. The number of anilines is 1. The number of nitrogens with zero attached hydrogens (tertiary/aromatic N) is 2. The normalized spacial score (nSPS) is 10.2. The summed E-state index contributed by atoms with van der Waals surface area (Å²) in [4.78, 5) is 12.2. The number of aromatic nitrogens is 2. The average molecular weight is 353 g/mol. The van der Waals surface area contributed by atoms with E-state index in [-0.39, 0.29) is 10.9 Å². The minimum absolute atomic E-state index is 0.111. The van der Waals surface area contributed by atoms with Crippen molar-refractivity contribution in [1.82, 2.24) is 9.78 Å². The van der Waals surface area contributed by atoms with Gasteiger partial charge in [0, 0.05) is 24.7 Å². The SMILES string of the molecule is NC(=S)c1ccccc1NC(=O)CCn1cc(Br)cn1. The van der Waals surface area contributed by atoms with Crippen LogP contribution in [0.25, 0.3) is 0 Å². The minimum atomic E-state index is -0.111. The highest BCUT2D eigenvalue weighted by atomic mass is 79.9. The van der Waals surface area contributed by atoms with Crippen molar-refractivity contribution in [2.24, 2.45) is 5.73 Å². The Balaban J connectivity index is 1.96. The van der Waals surface area contributed by atoms with Gasteiger partial charge >= 0.3 is 0 Å². The van der Waals surface area contributed by atoms with Gasteiger partial charge in [-0.25, -0.2) is 0 Å². The molecule has 0 radical (unpaired) electrons. The molecule has 0 saturated carbocycles. The van der Waals surface area contributed by atoms with Gasteiger partial charge in [0.15, 0.2) is 0 Å². The zero-order valence-electron chi connectivity index (χ0n) is 10.5. The zero-order chi connectivity index (χ0) is 14.5. The molecule has 0 spiro atoms. The van der Waals surface area contributed by atoms with E-state index in [9.17, 15) is 4.79 Å². The second kappa shape index (κ2) is 6.62. The highest BCUT2D eigenvalue weighted by Crippen LogP contribution is 2.15. The van der Waals surface area contributed by atoms with Crippen molar-refractivity contribution in [2.75, 3.05) is 5.32 Å². The number of carbonyl (C=O) groups excluding carboxylic acids is 1. The van der Waals surface area contributed by atoms with Gasteiger partial charge in [0.2, 0.25) is 5.91 Å². The third-order valence-corrected chi connectivity index (χ3v) is 3.27. The number of nitrogens with one attached hydrogen (secondary N) is 1. The van der Waals surface area contributed by atoms with E-state index in [0.717, 1.165) is 4.47 Å². The molecule has 0 saturated heterocycles. The van der Waals surface area contributed by atoms with E-state index in [1.165, 1.54) is 0 Å². The molecule has 3 N–H and O–H groups in total. The Morgan fingerprint density at radius 2 is 2.20 bits per heavy atom. The van der Waals surface area contributed by atoms with Gasteiger partial charge in [-0.05, 0) is 28.1 Å². The number of aryl methyl sites for hydroxylation is 1. The summed E-state index contributed by atoms with van der Waals surface area (Å²) in [6, 6.07) is 7.20. The van der Waals surface area contributed by atoms with E-state index in [1.54, 1.807) is 23.0 Å². The molecule has 0 aliphatic heterocycles. The molecule has 1 aromatic carbocycles. The summed E-state index contributed by atoms with van der Waals surface area (Å²) >= 11 is 8.26. The number of thiocarbonyl (C=S) groups is 1. The lowest BCUT2D eigenvalue weighted by molar-refractivity contribution is -0.116. The molecule has 104 valence electrons. The van der Waals surface area contributed by atoms with Crippen LogP contribution in [0.3, 0.4) is 0 Å². The summed E-state index contributed by atoms with van der Waals surface area (Å²) in [6.45, 7) is 0.507. The van der Waals surface area contributed by atoms with E-state index in [0.29, 0.717) is 24.2 Å². The number of para-hydroxylation sites is 1. The fourth-order valence-corrected chi connectivity index (χ4v) is 2.20. The summed E-state index contributed by atoms with van der Waals surface area (Å²) in [5.74, 6) is -0.111. The monoisotopic (exact) mass is 352 g/mol. The van der Waals surface area contributed by atoms with Gasteiger partial charge in [-0.15, -0.1) is 0 Å². The van der Waals surface area contributed by atoms with Crippen molar-refractivity contribution in [3.63, 3.8) is 0 Å². The molecule has 2 aromatic rings. The fourth-order valence-electron chi connectivity index (χ4n) is 1.70. The molecule has 7 heteroatoms. The smallest absolute Gasteiger partial charge is 0.226 e. The average Bonchev–Trinajstić information content (AvgIpc) is 2.83. The fraction of sp³-hybridized carbons (Fsp3) is 0.154. The number of benzene rings is 1. The Kier molecular flexibility index (Phi) is 4.86. The maximum Gasteiger partial charge on any atom is 0.226 e. The number of carbonyl (C=O) groups is 1. The van der Waals surface area contributed by atoms with Crippen LogP contribution in [0.15, 0.2) is 41.1 Å². The Morgan fingerprint density at radius 3 is 2.85 bits per heavy atom. The van der Waals surface area contributed by atoms with Crippen molar-refractivity contribution in [1.29, 1.82) is 0 Å². The first-order chi connectivity index (χ1) is 9.56. The van der Waals surface area contributed by atoms with Crippen LogP contribution in [-0.4, -0.2) is 20.7 Å². The molecular formula is C13H13BrN4OS. The van der Waals surface area contributed by atoms with Gasteiger partial charge in [0.05, 0.1) is 16.4 Å². The lowest BCUT2D eigenvalue weighted by Crippen LogP contribution is -2.18. The lowest BCUT2D eigenvalue weighted by atomic mass is 10.1. The molecule has 0 aliphatic carbocycles. The van der Waals surface area contributed by atoms with Crippen molar-refractivity contribution in [2.45, 2.75) is 13.0 Å². The van der Waals surface area contributed by atoms with Crippen LogP contribution in [-0.2, 0) is 11.3 Å². The largest absolute Gasteiger partial charge is 0.389 e. The first-order valence-electron chi connectivity index (χ1n) is 5.93. The Morgan fingerprint density at radius 1 is 1.45 bits per heavy atom. The molecule has 0 aliphatic rings. The third-order valence-electron chi connectivity index (χ3n) is 2.64. The molecule has 0 unspecified atom stereocenters. The highest BCUT2D eigenvalue weighted by Gasteiger charge is 2.08. The first kappa shape index (κ1) is 14.7. The summed E-state index contributed by atoms with van der Waals surface area (Å²) < 4.78 is 2.58. The van der Waals surface area contributed by atoms with Gasteiger partial charge in [-0.3, -0.25) is 9.48 Å². The Hall–Kier alpha value is -1.73. The van der Waals surface area contributed by atoms with E-state index in [2.05, 4.69) is 26.3 Å². The quantitative estimate of drug-likeness (QED) is 0.809. The van der Waals surface area contributed by atoms with Gasteiger partial charge in [-0.1, -0.05) is 24.4 Å². The molecule has 0 bridgehead atoms. The number of halogens is 1. The standard InChI is InChI=1S/C13H13BrN4OS/c14-9-7-16-18(8-9)6-5-12(19)17-11-4-2-1-3-10(11)13(15)20/h1-4,7-8H,5-6H2,(H2,15,20)(H,17,19). The van der Waals surface area contributed by atoms with Crippen molar-refractivity contribution >= 4 is 44.7 Å². The Bertz CT molecular complexity index is 641. The predicted molar refractivity (Wildman–Crippen MR) is 85.5 cm³/mol. The van der Waals surface area contributed by atoms with Crippen LogP contribution in [0.2, 0.25) is 0 Å². The molecule has 0 atom stereocenters. The van der Waals surface area contributed by atoms with Crippen LogP contribution < -0.4 is 11.1 Å². The molecular weight excluding hydrogens is 340 g/mol. The summed E-state index contributed by atoms with van der Waals surface area (Å²) in [6.07, 6.45) is 3.82. The molecule has 1 amide bonds. The maximum atomic E-state index is 11.9. The number of hydrogen-bond donors (Lipinski definition) is 2. The number of nitrogens with two attached hydrogens (primary N) is 1. The predicted octanol–water partition coefficient (Wildman–Crippen LogP) is 2.31. The van der Waals surface area contributed by atoms with Gasteiger partial charge in [-0.2, -0.15) is 5.10 Å². The van der Waals surface area contributed by atoms with Crippen LogP contribution in [0.5, 0.6) is 0 Å². The molecule has 20 heavy (non-hydrogen) atoms. The van der Waals surface area contributed by atoms with Gasteiger partial charge < -0.3 is 11.1 Å². The third kappa shape index (κ3) is 3.88. The molecule has 1 heterocycles. The topological polar surface area (TPSA) is 72.9 Å². The second-order valence-corrected chi connectivity index (χ2v) is 5.49. The summed E-state index contributed by atoms with van der Waals surface area (Å²) in [5.41, 5.74) is 6.91. The van der Waals surface area contributed by atoms with Crippen molar-refractivity contribution in [3.8, 4) is 0 Å².